The second-order valence-electron chi connectivity index (χ2n) is 3.87. The Hall–Kier alpha value is -1.42. The Morgan fingerprint density at radius 1 is 1.18 bits per heavy atom. The van der Waals surface area contributed by atoms with E-state index in [0.717, 1.165) is 21.5 Å². The Bertz CT molecular complexity index is 514. The molecule has 0 spiro atoms. The van der Waals surface area contributed by atoms with Crippen LogP contribution in [0.3, 0.4) is 0 Å². The van der Waals surface area contributed by atoms with Crippen LogP contribution in [-0.2, 0) is 0 Å². The summed E-state index contributed by atoms with van der Waals surface area (Å²) in [5, 5.41) is 3.42. The van der Waals surface area contributed by atoms with Crippen molar-refractivity contribution in [2.24, 2.45) is 0 Å². The van der Waals surface area contributed by atoms with Crippen molar-refractivity contribution in [2.45, 2.75) is 19.9 Å². The second-order valence-corrected chi connectivity index (χ2v) is 4.73. The van der Waals surface area contributed by atoms with Gasteiger partial charge in [-0.2, -0.15) is 0 Å². The molecule has 0 aliphatic heterocycles. The summed E-state index contributed by atoms with van der Waals surface area (Å²) < 4.78 is 1.05. The molecule has 1 aromatic heterocycles. The molecular weight excluding hydrogens is 278 g/mol. The third-order valence-corrected chi connectivity index (χ3v) is 3.27. The standard InChI is InChI=1S/C13H14BrN3/c1-9-13(16-8-7-15-9)10(2)17-12-6-4-3-5-11(12)14/h3-8,10,17H,1-2H3. The lowest BCUT2D eigenvalue weighted by Crippen LogP contribution is -2.11. The van der Waals surface area contributed by atoms with Gasteiger partial charge in [-0.1, -0.05) is 12.1 Å². The van der Waals surface area contributed by atoms with E-state index in [-0.39, 0.29) is 6.04 Å². The molecule has 2 aromatic rings. The van der Waals surface area contributed by atoms with Crippen LogP contribution < -0.4 is 5.32 Å². The van der Waals surface area contributed by atoms with E-state index in [1.165, 1.54) is 0 Å². The summed E-state index contributed by atoms with van der Waals surface area (Å²) in [5.41, 5.74) is 2.99. The lowest BCUT2D eigenvalue weighted by atomic mass is 10.2. The fourth-order valence-electron chi connectivity index (χ4n) is 1.72. The molecule has 0 amide bonds. The maximum atomic E-state index is 4.36. The molecule has 1 unspecified atom stereocenters. The number of nitrogens with one attached hydrogen (secondary N) is 1. The Labute approximate surface area is 109 Å². The molecule has 17 heavy (non-hydrogen) atoms. The number of anilines is 1. The van der Waals surface area contributed by atoms with E-state index in [0.29, 0.717) is 0 Å². The highest BCUT2D eigenvalue weighted by Gasteiger charge is 2.11. The van der Waals surface area contributed by atoms with E-state index in [9.17, 15) is 0 Å². The number of nitrogens with zero attached hydrogens (tertiary/aromatic N) is 2. The molecule has 4 heteroatoms. The van der Waals surface area contributed by atoms with Gasteiger partial charge in [0.05, 0.1) is 17.4 Å². The summed E-state index contributed by atoms with van der Waals surface area (Å²) in [4.78, 5) is 8.61. The molecular formula is C13H14BrN3. The molecule has 2 rings (SSSR count). The van der Waals surface area contributed by atoms with Gasteiger partial charge in [-0.3, -0.25) is 9.97 Å². The van der Waals surface area contributed by atoms with Crippen LogP contribution in [0.1, 0.15) is 24.4 Å². The topological polar surface area (TPSA) is 37.8 Å². The minimum atomic E-state index is 0.127. The molecule has 0 aliphatic carbocycles. The van der Waals surface area contributed by atoms with Crippen LogP contribution in [0, 0.1) is 6.92 Å². The van der Waals surface area contributed by atoms with Crippen molar-refractivity contribution in [1.29, 1.82) is 0 Å². The van der Waals surface area contributed by atoms with E-state index in [2.05, 4.69) is 38.1 Å². The smallest absolute Gasteiger partial charge is 0.0835 e. The molecule has 0 fully saturated rings. The Morgan fingerprint density at radius 3 is 2.59 bits per heavy atom. The first kappa shape index (κ1) is 12.0. The summed E-state index contributed by atoms with van der Waals surface area (Å²) >= 11 is 3.52. The largest absolute Gasteiger partial charge is 0.376 e. The van der Waals surface area contributed by atoms with Gasteiger partial charge < -0.3 is 5.32 Å². The van der Waals surface area contributed by atoms with Crippen molar-refractivity contribution in [3.63, 3.8) is 0 Å². The van der Waals surface area contributed by atoms with Gasteiger partial charge in [-0.15, -0.1) is 0 Å². The van der Waals surface area contributed by atoms with Crippen LogP contribution >= 0.6 is 15.9 Å². The number of aromatic nitrogens is 2. The van der Waals surface area contributed by atoms with E-state index in [1.54, 1.807) is 12.4 Å². The van der Waals surface area contributed by atoms with Gasteiger partial charge in [0.1, 0.15) is 0 Å². The SMILES string of the molecule is Cc1nccnc1C(C)Nc1ccccc1Br. The maximum Gasteiger partial charge on any atom is 0.0835 e. The molecule has 3 nitrogen and oxygen atoms in total. The average molecular weight is 292 g/mol. The van der Waals surface area contributed by atoms with Gasteiger partial charge in [0.15, 0.2) is 0 Å². The van der Waals surface area contributed by atoms with Gasteiger partial charge in [0.25, 0.3) is 0 Å². The normalized spacial score (nSPS) is 12.2. The molecule has 1 heterocycles. The van der Waals surface area contributed by atoms with Crippen molar-refractivity contribution in [3.8, 4) is 0 Å². The van der Waals surface area contributed by atoms with E-state index in [1.807, 2.05) is 31.2 Å². The number of halogens is 1. The van der Waals surface area contributed by atoms with E-state index < -0.39 is 0 Å². The fraction of sp³-hybridized carbons (Fsp3) is 0.231. The zero-order valence-corrected chi connectivity index (χ0v) is 11.4. The van der Waals surface area contributed by atoms with Crippen LogP contribution in [0.15, 0.2) is 41.1 Å². The monoisotopic (exact) mass is 291 g/mol. The average Bonchev–Trinajstić information content (AvgIpc) is 2.32. The summed E-state index contributed by atoms with van der Waals surface area (Å²) in [6, 6.07) is 8.17. The van der Waals surface area contributed by atoms with E-state index in [4.69, 9.17) is 0 Å². The number of benzene rings is 1. The zero-order valence-electron chi connectivity index (χ0n) is 9.81. The lowest BCUT2D eigenvalue weighted by molar-refractivity contribution is 0.809. The highest BCUT2D eigenvalue weighted by molar-refractivity contribution is 9.10. The van der Waals surface area contributed by atoms with Crippen LogP contribution in [0.5, 0.6) is 0 Å². The number of hydrogen-bond donors (Lipinski definition) is 1. The Morgan fingerprint density at radius 2 is 1.88 bits per heavy atom. The number of aryl methyl sites for hydroxylation is 1. The first-order valence-electron chi connectivity index (χ1n) is 5.47. The first-order valence-corrected chi connectivity index (χ1v) is 6.26. The lowest BCUT2D eigenvalue weighted by Gasteiger charge is -2.16. The van der Waals surface area contributed by atoms with Gasteiger partial charge in [0, 0.05) is 22.6 Å². The zero-order chi connectivity index (χ0) is 12.3. The van der Waals surface area contributed by atoms with Crippen molar-refractivity contribution in [3.05, 3.63) is 52.5 Å². The minimum Gasteiger partial charge on any atom is -0.376 e. The second kappa shape index (κ2) is 5.27. The van der Waals surface area contributed by atoms with Crippen molar-refractivity contribution in [1.82, 2.24) is 9.97 Å². The summed E-state index contributed by atoms with van der Waals surface area (Å²) in [6.07, 6.45) is 3.44. The highest BCUT2D eigenvalue weighted by atomic mass is 79.9. The van der Waals surface area contributed by atoms with Gasteiger partial charge >= 0.3 is 0 Å². The molecule has 0 saturated carbocycles. The minimum absolute atomic E-state index is 0.127. The molecule has 0 saturated heterocycles. The highest BCUT2D eigenvalue weighted by Crippen LogP contribution is 2.25. The maximum absolute atomic E-state index is 4.36. The van der Waals surface area contributed by atoms with Gasteiger partial charge in [-0.25, -0.2) is 0 Å². The van der Waals surface area contributed by atoms with Crippen LogP contribution in [0.25, 0.3) is 0 Å². The summed E-state index contributed by atoms with van der Waals surface area (Å²) in [7, 11) is 0. The molecule has 1 atom stereocenters. The molecule has 0 bridgehead atoms. The molecule has 0 aliphatic rings. The third-order valence-electron chi connectivity index (χ3n) is 2.58. The van der Waals surface area contributed by atoms with Crippen LogP contribution in [-0.4, -0.2) is 9.97 Å². The summed E-state index contributed by atoms with van der Waals surface area (Å²) in [6.45, 7) is 4.05. The summed E-state index contributed by atoms with van der Waals surface area (Å²) in [5.74, 6) is 0. The molecule has 88 valence electrons. The molecule has 1 N–H and O–H groups in total. The Kier molecular flexibility index (Phi) is 3.74. The van der Waals surface area contributed by atoms with Crippen molar-refractivity contribution < 1.29 is 0 Å². The first-order chi connectivity index (χ1) is 8.18. The van der Waals surface area contributed by atoms with Crippen molar-refractivity contribution >= 4 is 21.6 Å². The van der Waals surface area contributed by atoms with Crippen molar-refractivity contribution in [2.75, 3.05) is 5.32 Å². The van der Waals surface area contributed by atoms with Gasteiger partial charge in [-0.05, 0) is 41.9 Å². The Balaban J connectivity index is 2.20. The fourth-order valence-corrected chi connectivity index (χ4v) is 2.12. The van der Waals surface area contributed by atoms with Gasteiger partial charge in [0.2, 0.25) is 0 Å². The predicted octanol–water partition coefficient (Wildman–Crippen LogP) is 3.72. The van der Waals surface area contributed by atoms with E-state index >= 15 is 0 Å². The molecule has 0 radical (unpaired) electrons. The quantitative estimate of drug-likeness (QED) is 0.937. The van der Waals surface area contributed by atoms with Crippen LogP contribution in [0.2, 0.25) is 0 Å². The number of para-hydroxylation sites is 1. The number of rotatable bonds is 3. The molecule has 1 aromatic carbocycles. The number of hydrogen-bond acceptors (Lipinski definition) is 3. The third kappa shape index (κ3) is 2.82. The van der Waals surface area contributed by atoms with Crippen LogP contribution in [0.4, 0.5) is 5.69 Å². The predicted molar refractivity (Wildman–Crippen MR) is 72.9 cm³/mol.